The van der Waals surface area contributed by atoms with Crippen LogP contribution in [0.25, 0.3) is 0 Å². The molecular formula is C46H86NO7+. The average Bonchev–Trinajstić information content (AvgIpc) is 3.12. The zero-order chi connectivity index (χ0) is 40.0. The first-order chi connectivity index (χ1) is 26.1. The van der Waals surface area contributed by atoms with Crippen LogP contribution in [0.15, 0.2) is 24.3 Å². The fraction of sp³-hybridized carbons (Fsp3) is 0.848. The second-order valence-electron chi connectivity index (χ2n) is 16.3. The van der Waals surface area contributed by atoms with Gasteiger partial charge in [-0.3, -0.25) is 9.59 Å². The van der Waals surface area contributed by atoms with Gasteiger partial charge in [0.15, 0.2) is 12.1 Å². The van der Waals surface area contributed by atoms with Crippen molar-refractivity contribution in [1.29, 1.82) is 0 Å². The lowest BCUT2D eigenvalue weighted by molar-refractivity contribution is -0.887. The van der Waals surface area contributed by atoms with Crippen molar-refractivity contribution in [1.82, 2.24) is 0 Å². The Labute approximate surface area is 332 Å². The fourth-order valence-electron chi connectivity index (χ4n) is 6.54. The maximum Gasteiger partial charge on any atom is 0.362 e. The molecule has 0 aromatic heterocycles. The van der Waals surface area contributed by atoms with Crippen molar-refractivity contribution in [3.05, 3.63) is 24.3 Å². The molecule has 0 bridgehead atoms. The molecule has 8 heteroatoms. The highest BCUT2D eigenvalue weighted by Gasteiger charge is 2.31. The van der Waals surface area contributed by atoms with Crippen molar-refractivity contribution in [2.45, 2.75) is 212 Å². The van der Waals surface area contributed by atoms with Crippen LogP contribution in [0.1, 0.15) is 200 Å². The number of nitrogens with zero attached hydrogens (tertiary/aromatic N) is 1. The molecule has 1 N–H and O–H groups in total. The quantitative estimate of drug-likeness (QED) is 0.0287. The zero-order valence-corrected chi connectivity index (χ0v) is 35.9. The third kappa shape index (κ3) is 35.5. The standard InChI is InChI=1S/C46H85NO7/c1-6-8-10-12-14-16-18-19-20-21-22-23-24-25-27-28-30-32-34-36-44(48)53-41-42(40-52-39-38-43(46(50)51)47(3,4)5)54-45(49)37-35-33-31-29-26-17-15-13-11-9-7-2/h13,15,21-22,42-43H,6-12,14,16-20,23-41H2,1-5H3/p+1/b15-13+,22-21+. The summed E-state index contributed by atoms with van der Waals surface area (Å²) in [6, 6.07) is -0.614. The van der Waals surface area contributed by atoms with Gasteiger partial charge in [-0.05, 0) is 57.8 Å². The van der Waals surface area contributed by atoms with Crippen LogP contribution in [0.2, 0.25) is 0 Å². The normalized spacial score (nSPS) is 13.1. The van der Waals surface area contributed by atoms with Crippen molar-refractivity contribution in [2.24, 2.45) is 0 Å². The Morgan fingerprint density at radius 2 is 0.944 bits per heavy atom. The molecule has 0 aliphatic carbocycles. The van der Waals surface area contributed by atoms with Gasteiger partial charge in [-0.2, -0.15) is 0 Å². The summed E-state index contributed by atoms with van der Waals surface area (Å²) in [5.41, 5.74) is 0. The molecule has 8 nitrogen and oxygen atoms in total. The molecule has 0 aliphatic heterocycles. The van der Waals surface area contributed by atoms with Gasteiger partial charge in [0.1, 0.15) is 6.61 Å². The molecule has 54 heavy (non-hydrogen) atoms. The van der Waals surface area contributed by atoms with Crippen LogP contribution < -0.4 is 0 Å². The van der Waals surface area contributed by atoms with Gasteiger partial charge in [0.2, 0.25) is 0 Å². The van der Waals surface area contributed by atoms with Gasteiger partial charge < -0.3 is 23.8 Å². The number of carboxylic acids is 1. The molecule has 316 valence electrons. The zero-order valence-electron chi connectivity index (χ0n) is 35.9. The lowest BCUT2D eigenvalue weighted by Crippen LogP contribution is -2.50. The van der Waals surface area contributed by atoms with E-state index < -0.39 is 18.1 Å². The smallest absolute Gasteiger partial charge is 0.362 e. The van der Waals surface area contributed by atoms with Crippen molar-refractivity contribution >= 4 is 17.9 Å². The molecule has 2 unspecified atom stereocenters. The average molecular weight is 765 g/mol. The minimum Gasteiger partial charge on any atom is -0.477 e. The van der Waals surface area contributed by atoms with Crippen LogP contribution in [0, 0.1) is 0 Å². The van der Waals surface area contributed by atoms with Gasteiger partial charge in [-0.25, -0.2) is 4.79 Å². The van der Waals surface area contributed by atoms with E-state index in [1.165, 1.54) is 116 Å². The lowest BCUT2D eigenvalue weighted by atomic mass is 10.1. The minimum absolute atomic E-state index is 0.0540. The molecule has 0 heterocycles. The summed E-state index contributed by atoms with van der Waals surface area (Å²) in [7, 11) is 5.52. The van der Waals surface area contributed by atoms with E-state index in [4.69, 9.17) is 14.2 Å². The molecule has 0 radical (unpaired) electrons. The van der Waals surface area contributed by atoms with Crippen molar-refractivity contribution in [3.8, 4) is 0 Å². The number of aliphatic carboxylic acids is 1. The van der Waals surface area contributed by atoms with E-state index in [0.717, 1.165) is 51.4 Å². The van der Waals surface area contributed by atoms with E-state index in [1.807, 2.05) is 21.1 Å². The summed E-state index contributed by atoms with van der Waals surface area (Å²) in [5, 5.41) is 9.61. The number of hydrogen-bond acceptors (Lipinski definition) is 6. The molecule has 0 fully saturated rings. The van der Waals surface area contributed by atoms with Crippen LogP contribution in [-0.2, 0) is 28.6 Å². The first-order valence-electron chi connectivity index (χ1n) is 22.4. The van der Waals surface area contributed by atoms with Gasteiger partial charge >= 0.3 is 17.9 Å². The second-order valence-corrected chi connectivity index (χ2v) is 16.3. The predicted octanol–water partition coefficient (Wildman–Crippen LogP) is 12.1. The topological polar surface area (TPSA) is 99.1 Å². The van der Waals surface area contributed by atoms with Crippen molar-refractivity contribution < 1.29 is 38.2 Å². The molecule has 0 aromatic rings. The van der Waals surface area contributed by atoms with Crippen LogP contribution >= 0.6 is 0 Å². The van der Waals surface area contributed by atoms with Crippen LogP contribution in [0.5, 0.6) is 0 Å². The Morgan fingerprint density at radius 1 is 0.537 bits per heavy atom. The number of quaternary nitrogens is 1. The Balaban J connectivity index is 4.27. The molecule has 0 aromatic carbocycles. The Kier molecular flexibility index (Phi) is 36.2. The van der Waals surface area contributed by atoms with Crippen molar-refractivity contribution in [2.75, 3.05) is 41.0 Å². The fourth-order valence-corrected chi connectivity index (χ4v) is 6.54. The van der Waals surface area contributed by atoms with Crippen LogP contribution in [-0.4, -0.2) is 80.6 Å². The number of unbranched alkanes of at least 4 members (excludes halogenated alkanes) is 22. The summed E-state index contributed by atoms with van der Waals surface area (Å²) in [4.78, 5) is 36.9. The number of carboxylic acid groups (broad SMARTS) is 1. The third-order valence-electron chi connectivity index (χ3n) is 10.1. The number of carbonyl (C=O) groups excluding carboxylic acids is 2. The van der Waals surface area contributed by atoms with E-state index in [9.17, 15) is 19.5 Å². The molecule has 0 aliphatic rings. The number of carbonyl (C=O) groups is 3. The molecule has 0 saturated heterocycles. The Bertz CT molecular complexity index is 942. The number of likely N-dealkylation sites (N-methyl/N-ethyl adjacent to an activating group) is 1. The SMILES string of the molecule is CCCC/C=C/CCCCCCCC(=O)OC(COCCC(C(=O)O)[N+](C)(C)C)COC(=O)CCCCCCCCC/C=C/CCCCCCCCCC. The van der Waals surface area contributed by atoms with Gasteiger partial charge in [0.05, 0.1) is 34.4 Å². The van der Waals surface area contributed by atoms with Gasteiger partial charge in [-0.15, -0.1) is 0 Å². The van der Waals surface area contributed by atoms with Gasteiger partial charge in [0.25, 0.3) is 0 Å². The third-order valence-corrected chi connectivity index (χ3v) is 10.1. The molecule has 0 spiro atoms. The largest absolute Gasteiger partial charge is 0.477 e. The summed E-state index contributed by atoms with van der Waals surface area (Å²) in [5.74, 6) is -1.48. The van der Waals surface area contributed by atoms with E-state index in [1.54, 1.807) is 0 Å². The highest BCUT2D eigenvalue weighted by atomic mass is 16.6. The Morgan fingerprint density at radius 3 is 1.39 bits per heavy atom. The number of hydrogen-bond donors (Lipinski definition) is 1. The molecule has 0 rings (SSSR count). The first-order valence-corrected chi connectivity index (χ1v) is 22.4. The second kappa shape index (κ2) is 37.7. The minimum atomic E-state index is -0.876. The van der Waals surface area contributed by atoms with E-state index in [2.05, 4.69) is 38.2 Å². The van der Waals surface area contributed by atoms with Crippen molar-refractivity contribution in [3.63, 3.8) is 0 Å². The summed E-state index contributed by atoms with van der Waals surface area (Å²) < 4.78 is 17.3. The lowest BCUT2D eigenvalue weighted by Gasteiger charge is -2.31. The van der Waals surface area contributed by atoms with Gasteiger partial charge in [0, 0.05) is 19.3 Å². The number of allylic oxidation sites excluding steroid dienone is 4. The van der Waals surface area contributed by atoms with E-state index in [0.29, 0.717) is 19.3 Å². The molecular weight excluding hydrogens is 679 g/mol. The number of esters is 2. The molecule has 0 amide bonds. The van der Waals surface area contributed by atoms with E-state index >= 15 is 0 Å². The maximum absolute atomic E-state index is 12.7. The van der Waals surface area contributed by atoms with Crippen LogP contribution in [0.3, 0.4) is 0 Å². The Hall–Kier alpha value is -2.19. The molecule has 0 saturated carbocycles. The summed E-state index contributed by atoms with van der Waals surface area (Å²) in [6.45, 7) is 4.69. The number of ether oxygens (including phenoxy) is 3. The maximum atomic E-state index is 12.7. The summed E-state index contributed by atoms with van der Waals surface area (Å²) in [6.07, 6.45) is 40.8. The van der Waals surface area contributed by atoms with Crippen LogP contribution in [0.4, 0.5) is 0 Å². The monoisotopic (exact) mass is 765 g/mol. The predicted molar refractivity (Wildman–Crippen MR) is 225 cm³/mol. The molecule has 2 atom stereocenters. The van der Waals surface area contributed by atoms with Gasteiger partial charge in [-0.1, -0.05) is 147 Å². The van der Waals surface area contributed by atoms with E-state index in [-0.39, 0.29) is 36.2 Å². The first kappa shape index (κ1) is 51.8. The highest BCUT2D eigenvalue weighted by Crippen LogP contribution is 2.14. The summed E-state index contributed by atoms with van der Waals surface area (Å²) >= 11 is 0. The highest BCUT2D eigenvalue weighted by molar-refractivity contribution is 5.72. The number of rotatable bonds is 40.